The van der Waals surface area contributed by atoms with Crippen LogP contribution in [0.4, 0.5) is 5.69 Å². The molecule has 2 aliphatic heterocycles. The predicted octanol–water partition coefficient (Wildman–Crippen LogP) is 1.60. The van der Waals surface area contributed by atoms with Crippen molar-refractivity contribution in [2.24, 2.45) is 5.92 Å². The molecule has 0 unspecified atom stereocenters. The van der Waals surface area contributed by atoms with Crippen LogP contribution in [0.3, 0.4) is 0 Å². The number of carbonyl (C=O) groups is 2. The minimum Gasteiger partial charge on any atom is -0.393 e. The van der Waals surface area contributed by atoms with Gasteiger partial charge in [0, 0.05) is 36.8 Å². The quantitative estimate of drug-likeness (QED) is 0.862. The number of aliphatic hydroxyl groups excluding tert-OH is 1. The summed E-state index contributed by atoms with van der Waals surface area (Å²) in [6.07, 6.45) is 2.71. The molecule has 122 valence electrons. The van der Waals surface area contributed by atoms with Gasteiger partial charge in [-0.2, -0.15) is 0 Å². The molecule has 5 nitrogen and oxygen atoms in total. The van der Waals surface area contributed by atoms with Gasteiger partial charge in [-0.25, -0.2) is 0 Å². The second kappa shape index (κ2) is 6.16. The molecule has 0 radical (unpaired) electrons. The molecule has 5 heteroatoms. The predicted molar refractivity (Wildman–Crippen MR) is 88.4 cm³/mol. The molecule has 0 bridgehead atoms. The summed E-state index contributed by atoms with van der Waals surface area (Å²) in [5, 5.41) is 9.52. The van der Waals surface area contributed by atoms with E-state index in [9.17, 15) is 14.7 Å². The Labute approximate surface area is 136 Å². The Morgan fingerprint density at radius 1 is 1.39 bits per heavy atom. The number of aliphatic hydroxyl groups is 1. The topological polar surface area (TPSA) is 60.9 Å². The van der Waals surface area contributed by atoms with Gasteiger partial charge in [0.15, 0.2) is 0 Å². The van der Waals surface area contributed by atoms with E-state index in [0.717, 1.165) is 24.1 Å². The fourth-order valence-corrected chi connectivity index (χ4v) is 3.24. The molecule has 1 saturated heterocycles. The first-order valence-corrected chi connectivity index (χ1v) is 8.05. The number of fused-ring (bicyclic) bond motifs is 1. The Hall–Kier alpha value is -2.14. The van der Waals surface area contributed by atoms with E-state index in [1.54, 1.807) is 22.8 Å². The molecule has 0 saturated carbocycles. The zero-order valence-corrected chi connectivity index (χ0v) is 13.4. The fraction of sp³-hybridized carbons (Fsp3) is 0.444. The average molecular weight is 314 g/mol. The molecule has 23 heavy (non-hydrogen) atoms. The van der Waals surface area contributed by atoms with Gasteiger partial charge in [-0.3, -0.25) is 9.59 Å². The number of likely N-dealkylation sites (tertiary alicyclic amines) is 1. The molecular formula is C18H22N2O3. The van der Waals surface area contributed by atoms with E-state index in [2.05, 4.69) is 6.58 Å². The smallest absolute Gasteiger partial charge is 0.253 e. The van der Waals surface area contributed by atoms with Crippen LogP contribution in [0.5, 0.6) is 0 Å². The zero-order chi connectivity index (χ0) is 16.6. The summed E-state index contributed by atoms with van der Waals surface area (Å²) in [5.41, 5.74) is 2.56. The van der Waals surface area contributed by atoms with Gasteiger partial charge in [0.2, 0.25) is 5.91 Å². The van der Waals surface area contributed by atoms with Crippen LogP contribution in [0, 0.1) is 5.92 Å². The van der Waals surface area contributed by atoms with Crippen LogP contribution in [-0.4, -0.2) is 47.6 Å². The molecule has 1 aromatic rings. The lowest BCUT2D eigenvalue weighted by Gasteiger charge is -2.41. The van der Waals surface area contributed by atoms with Crippen LogP contribution in [0.15, 0.2) is 30.9 Å². The van der Waals surface area contributed by atoms with E-state index in [-0.39, 0.29) is 23.8 Å². The molecule has 3 rings (SSSR count). The second-order valence-electron chi connectivity index (χ2n) is 6.35. The molecule has 1 N–H and O–H groups in total. The van der Waals surface area contributed by atoms with Crippen molar-refractivity contribution in [2.45, 2.75) is 25.9 Å². The molecular weight excluding hydrogens is 292 g/mol. The standard InChI is InChI=1S/C18H22N2O3/c1-3-17(22)20-8-4-5-13-9-14(6-7-16(13)20)18(23)19-10-15(11-19)12(2)21/h3,6-7,9,12,15,21H,1,4-5,8,10-11H2,2H3/t12-/m0/s1. The molecule has 2 amide bonds. The molecule has 0 spiro atoms. The molecule has 1 fully saturated rings. The number of hydrogen-bond acceptors (Lipinski definition) is 3. The van der Waals surface area contributed by atoms with E-state index >= 15 is 0 Å². The van der Waals surface area contributed by atoms with Crippen LogP contribution < -0.4 is 4.90 Å². The van der Waals surface area contributed by atoms with E-state index in [1.807, 2.05) is 12.1 Å². The molecule has 2 aliphatic rings. The third kappa shape index (κ3) is 2.88. The van der Waals surface area contributed by atoms with Crippen LogP contribution in [-0.2, 0) is 11.2 Å². The Kier molecular flexibility index (Phi) is 4.22. The van der Waals surface area contributed by atoms with Gasteiger partial charge in [0.25, 0.3) is 5.91 Å². The van der Waals surface area contributed by atoms with E-state index in [0.29, 0.717) is 25.2 Å². The van der Waals surface area contributed by atoms with Crippen LogP contribution >= 0.6 is 0 Å². The average Bonchev–Trinajstić information content (AvgIpc) is 2.51. The lowest BCUT2D eigenvalue weighted by atomic mass is 9.93. The van der Waals surface area contributed by atoms with Gasteiger partial charge in [0.1, 0.15) is 0 Å². The molecule has 0 aliphatic carbocycles. The molecule has 1 aromatic carbocycles. The summed E-state index contributed by atoms with van der Waals surface area (Å²) >= 11 is 0. The monoisotopic (exact) mass is 314 g/mol. The normalized spacial score (nSPS) is 18.9. The number of nitrogens with zero attached hydrogens (tertiary/aromatic N) is 2. The van der Waals surface area contributed by atoms with Gasteiger partial charge in [-0.15, -0.1) is 0 Å². The number of rotatable bonds is 3. The summed E-state index contributed by atoms with van der Waals surface area (Å²) in [6.45, 7) is 7.21. The zero-order valence-electron chi connectivity index (χ0n) is 13.4. The molecule has 2 heterocycles. The third-order valence-corrected chi connectivity index (χ3v) is 4.76. The van der Waals surface area contributed by atoms with Gasteiger partial charge >= 0.3 is 0 Å². The van der Waals surface area contributed by atoms with Crippen molar-refractivity contribution >= 4 is 17.5 Å². The van der Waals surface area contributed by atoms with Crippen molar-refractivity contribution in [3.8, 4) is 0 Å². The minimum atomic E-state index is -0.374. The maximum atomic E-state index is 12.5. The van der Waals surface area contributed by atoms with E-state index in [1.165, 1.54) is 6.08 Å². The van der Waals surface area contributed by atoms with Gasteiger partial charge in [-0.1, -0.05) is 6.58 Å². The summed E-state index contributed by atoms with van der Waals surface area (Å²) < 4.78 is 0. The van der Waals surface area contributed by atoms with E-state index in [4.69, 9.17) is 0 Å². The first-order valence-electron chi connectivity index (χ1n) is 8.05. The Bertz CT molecular complexity index is 648. The number of hydrogen-bond donors (Lipinski definition) is 1. The maximum Gasteiger partial charge on any atom is 0.253 e. The molecule has 1 atom stereocenters. The largest absolute Gasteiger partial charge is 0.393 e. The maximum absolute atomic E-state index is 12.5. The first kappa shape index (κ1) is 15.7. The SMILES string of the molecule is C=CC(=O)N1CCCc2cc(C(=O)N3CC([C@H](C)O)C3)ccc21. The highest BCUT2D eigenvalue weighted by molar-refractivity contribution is 6.02. The lowest BCUT2D eigenvalue weighted by molar-refractivity contribution is -0.114. The fourth-order valence-electron chi connectivity index (χ4n) is 3.24. The van der Waals surface area contributed by atoms with Gasteiger partial charge in [-0.05, 0) is 49.6 Å². The van der Waals surface area contributed by atoms with Crippen LogP contribution in [0.1, 0.15) is 29.3 Å². The van der Waals surface area contributed by atoms with Crippen molar-refractivity contribution in [3.05, 3.63) is 42.0 Å². The van der Waals surface area contributed by atoms with Crippen molar-refractivity contribution in [1.29, 1.82) is 0 Å². The lowest BCUT2D eigenvalue weighted by Crippen LogP contribution is -2.53. The second-order valence-corrected chi connectivity index (χ2v) is 6.35. The highest BCUT2D eigenvalue weighted by Gasteiger charge is 2.34. The number of amides is 2. The van der Waals surface area contributed by atoms with Crippen molar-refractivity contribution in [2.75, 3.05) is 24.5 Å². The van der Waals surface area contributed by atoms with Gasteiger partial charge in [0.05, 0.1) is 6.10 Å². The highest BCUT2D eigenvalue weighted by atomic mass is 16.3. The Balaban J connectivity index is 1.77. The van der Waals surface area contributed by atoms with Crippen molar-refractivity contribution in [3.63, 3.8) is 0 Å². The number of anilines is 1. The van der Waals surface area contributed by atoms with Crippen molar-refractivity contribution < 1.29 is 14.7 Å². The van der Waals surface area contributed by atoms with Gasteiger partial charge < -0.3 is 14.9 Å². The highest BCUT2D eigenvalue weighted by Crippen LogP contribution is 2.30. The molecule has 0 aromatic heterocycles. The van der Waals surface area contributed by atoms with Crippen LogP contribution in [0.2, 0.25) is 0 Å². The third-order valence-electron chi connectivity index (χ3n) is 4.76. The summed E-state index contributed by atoms with van der Waals surface area (Å²) in [6, 6.07) is 5.54. The number of carbonyl (C=O) groups excluding carboxylic acids is 2. The Morgan fingerprint density at radius 2 is 2.13 bits per heavy atom. The number of aryl methyl sites for hydroxylation is 1. The summed E-state index contributed by atoms with van der Waals surface area (Å²) in [7, 11) is 0. The van der Waals surface area contributed by atoms with E-state index < -0.39 is 0 Å². The summed E-state index contributed by atoms with van der Waals surface area (Å²) in [5.74, 6) is 0.0710. The summed E-state index contributed by atoms with van der Waals surface area (Å²) in [4.78, 5) is 27.9. The first-order chi connectivity index (χ1) is 11.0. The number of benzene rings is 1. The minimum absolute atomic E-state index is 0.00290. The van der Waals surface area contributed by atoms with Crippen molar-refractivity contribution in [1.82, 2.24) is 4.90 Å². The van der Waals surface area contributed by atoms with Crippen LogP contribution in [0.25, 0.3) is 0 Å². The Morgan fingerprint density at radius 3 is 2.78 bits per heavy atom.